The van der Waals surface area contributed by atoms with Gasteiger partial charge in [0, 0.05) is 0 Å². The van der Waals surface area contributed by atoms with Crippen LogP contribution >= 0.6 is 0 Å². The summed E-state index contributed by atoms with van der Waals surface area (Å²) in [6, 6.07) is 0. The van der Waals surface area contributed by atoms with Crippen LogP contribution < -0.4 is 0 Å². The molecule has 2 rings (SSSR count). The van der Waals surface area contributed by atoms with Crippen molar-refractivity contribution in [3.8, 4) is 0 Å². The molecule has 22 heavy (non-hydrogen) atoms. The summed E-state index contributed by atoms with van der Waals surface area (Å²) in [5.41, 5.74) is 0. The molecule has 0 aromatic heterocycles. The third kappa shape index (κ3) is 3.26. The maximum Gasteiger partial charge on any atom is 0.187 e. The van der Waals surface area contributed by atoms with Crippen molar-refractivity contribution in [2.45, 2.75) is 55.1 Å². The Bertz CT molecular complexity index is 351. The van der Waals surface area contributed by atoms with E-state index in [1.807, 2.05) is 0 Å². The molecule has 0 amide bonds. The number of hydrogen-bond acceptors (Lipinski definition) is 10. The second-order valence-corrected chi connectivity index (χ2v) is 5.37. The van der Waals surface area contributed by atoms with Gasteiger partial charge in [0.2, 0.25) is 0 Å². The lowest BCUT2D eigenvalue weighted by atomic mass is 9.99. The van der Waals surface area contributed by atoms with Crippen molar-refractivity contribution in [1.29, 1.82) is 0 Å². The summed E-state index contributed by atoms with van der Waals surface area (Å²) in [6.45, 7) is -1.61. The van der Waals surface area contributed by atoms with Crippen molar-refractivity contribution in [1.82, 2.24) is 0 Å². The van der Waals surface area contributed by atoms with Crippen LogP contribution in [0.3, 0.4) is 0 Å². The van der Waals surface area contributed by atoms with Crippen molar-refractivity contribution in [3.05, 3.63) is 0 Å². The summed E-state index contributed by atoms with van der Waals surface area (Å²) in [4.78, 5) is 0. The van der Waals surface area contributed by atoms with Gasteiger partial charge < -0.3 is 50.0 Å². The van der Waals surface area contributed by atoms with Crippen LogP contribution in [0.1, 0.15) is 0 Å². The van der Waals surface area contributed by atoms with Crippen LogP contribution in [0, 0.1) is 0 Å². The van der Waals surface area contributed by atoms with E-state index < -0.39 is 74.9 Å². The average Bonchev–Trinajstić information content (AvgIpc) is 2.83. The molecule has 0 aliphatic carbocycles. The molecular formula is C12H22O10. The van der Waals surface area contributed by atoms with Gasteiger partial charge in [-0.25, -0.2) is 0 Å². The average molecular weight is 326 g/mol. The van der Waals surface area contributed by atoms with Gasteiger partial charge >= 0.3 is 0 Å². The van der Waals surface area contributed by atoms with Crippen LogP contribution in [0.15, 0.2) is 0 Å². The molecule has 10 nitrogen and oxygen atoms in total. The van der Waals surface area contributed by atoms with Gasteiger partial charge in [0.15, 0.2) is 6.29 Å². The highest BCUT2D eigenvalue weighted by atomic mass is 16.7. The SMILES string of the molecule is OC[C@@H]1O[C@H](O[C@H]2[C@H](O)[C@@H](CO)O[C@@H]2CO)[C@H](O)[C@@H](O)[C@@H]1O. The first-order valence-corrected chi connectivity index (χ1v) is 6.95. The zero-order valence-corrected chi connectivity index (χ0v) is 11.7. The minimum Gasteiger partial charge on any atom is -0.394 e. The second kappa shape index (κ2) is 7.45. The van der Waals surface area contributed by atoms with E-state index in [9.17, 15) is 25.5 Å². The lowest BCUT2D eigenvalue weighted by molar-refractivity contribution is -0.318. The molecule has 2 heterocycles. The maximum absolute atomic E-state index is 9.99. The third-order valence-corrected chi connectivity index (χ3v) is 3.93. The predicted molar refractivity (Wildman–Crippen MR) is 67.5 cm³/mol. The molecule has 0 saturated carbocycles. The first-order chi connectivity index (χ1) is 10.4. The predicted octanol–water partition coefficient (Wildman–Crippen LogP) is -4.72. The summed E-state index contributed by atoms with van der Waals surface area (Å²) in [5.74, 6) is 0. The molecule has 0 aromatic carbocycles. The Labute approximate surface area is 126 Å². The van der Waals surface area contributed by atoms with E-state index in [4.69, 9.17) is 24.4 Å². The Balaban J connectivity index is 2.07. The lowest BCUT2D eigenvalue weighted by Gasteiger charge is -2.41. The van der Waals surface area contributed by atoms with Crippen LogP contribution in [-0.2, 0) is 14.2 Å². The maximum atomic E-state index is 9.99. The number of rotatable bonds is 5. The zero-order valence-electron chi connectivity index (χ0n) is 11.7. The van der Waals surface area contributed by atoms with Gasteiger partial charge in [0.05, 0.1) is 19.8 Å². The van der Waals surface area contributed by atoms with E-state index in [0.29, 0.717) is 0 Å². The molecule has 0 unspecified atom stereocenters. The van der Waals surface area contributed by atoms with E-state index in [1.165, 1.54) is 0 Å². The molecule has 0 bridgehead atoms. The lowest BCUT2D eigenvalue weighted by Crippen LogP contribution is -2.60. The Morgan fingerprint density at radius 1 is 0.636 bits per heavy atom. The fraction of sp³-hybridized carbons (Fsp3) is 1.00. The quantitative estimate of drug-likeness (QED) is 0.260. The molecule has 10 heteroatoms. The molecule has 2 aliphatic heterocycles. The van der Waals surface area contributed by atoms with Gasteiger partial charge in [-0.15, -0.1) is 0 Å². The molecule has 2 saturated heterocycles. The first-order valence-electron chi connectivity index (χ1n) is 6.95. The van der Waals surface area contributed by atoms with E-state index in [2.05, 4.69) is 0 Å². The van der Waals surface area contributed by atoms with Crippen LogP contribution in [0.2, 0.25) is 0 Å². The molecule has 7 N–H and O–H groups in total. The van der Waals surface area contributed by atoms with Gasteiger partial charge in [0.1, 0.15) is 48.8 Å². The van der Waals surface area contributed by atoms with E-state index in [1.54, 1.807) is 0 Å². The smallest absolute Gasteiger partial charge is 0.187 e. The standard InChI is InChI=1S/C12H22O10/c13-1-4-7(16)9(18)10(19)12(21-4)22-11-6(3-15)20-5(2-14)8(11)17/h4-19H,1-3H2/t4-,5+,6+,7+,8+,9-,10+,11+,12+/m0/s1. The zero-order chi connectivity index (χ0) is 16.4. The Kier molecular flexibility index (Phi) is 6.07. The fourth-order valence-electron chi connectivity index (χ4n) is 2.61. The Morgan fingerprint density at radius 2 is 1.18 bits per heavy atom. The summed E-state index contributed by atoms with van der Waals surface area (Å²) >= 11 is 0. The molecule has 130 valence electrons. The summed E-state index contributed by atoms with van der Waals surface area (Å²) in [6.07, 6.45) is -11.7. The van der Waals surface area contributed by atoms with Gasteiger partial charge in [-0.2, -0.15) is 0 Å². The fourth-order valence-corrected chi connectivity index (χ4v) is 2.61. The minimum atomic E-state index is -1.63. The largest absolute Gasteiger partial charge is 0.394 e. The van der Waals surface area contributed by atoms with Gasteiger partial charge in [0.25, 0.3) is 0 Å². The molecule has 0 spiro atoms. The van der Waals surface area contributed by atoms with Crippen molar-refractivity contribution in [2.75, 3.05) is 19.8 Å². The van der Waals surface area contributed by atoms with E-state index in [0.717, 1.165) is 0 Å². The molecule has 2 fully saturated rings. The second-order valence-electron chi connectivity index (χ2n) is 5.37. The number of aliphatic hydroxyl groups is 7. The highest BCUT2D eigenvalue weighted by Crippen LogP contribution is 2.29. The number of ether oxygens (including phenoxy) is 3. The molecule has 2 aliphatic rings. The van der Waals surface area contributed by atoms with Crippen molar-refractivity contribution < 1.29 is 50.0 Å². The first kappa shape index (κ1) is 17.9. The van der Waals surface area contributed by atoms with Gasteiger partial charge in [-0.1, -0.05) is 0 Å². The van der Waals surface area contributed by atoms with Crippen LogP contribution in [0.4, 0.5) is 0 Å². The monoisotopic (exact) mass is 326 g/mol. The molecular weight excluding hydrogens is 304 g/mol. The van der Waals surface area contributed by atoms with Crippen molar-refractivity contribution in [3.63, 3.8) is 0 Å². The van der Waals surface area contributed by atoms with Crippen LogP contribution in [-0.4, -0.2) is 111 Å². The van der Waals surface area contributed by atoms with Crippen molar-refractivity contribution in [2.24, 2.45) is 0 Å². The number of aliphatic hydroxyl groups excluding tert-OH is 7. The van der Waals surface area contributed by atoms with Gasteiger partial charge in [-0.05, 0) is 0 Å². The third-order valence-electron chi connectivity index (χ3n) is 3.93. The topological polar surface area (TPSA) is 169 Å². The number of hydrogen-bond donors (Lipinski definition) is 7. The summed E-state index contributed by atoms with van der Waals surface area (Å²) in [7, 11) is 0. The molecule has 0 radical (unpaired) electrons. The Hall–Kier alpha value is -0.400. The van der Waals surface area contributed by atoms with Gasteiger partial charge in [-0.3, -0.25) is 0 Å². The summed E-state index contributed by atoms with van der Waals surface area (Å²) in [5, 5.41) is 66.6. The molecule has 9 atom stereocenters. The van der Waals surface area contributed by atoms with Crippen LogP contribution in [0.5, 0.6) is 0 Å². The normalized spacial score (nSPS) is 49.5. The highest BCUT2D eigenvalue weighted by molar-refractivity contribution is 4.94. The van der Waals surface area contributed by atoms with Crippen molar-refractivity contribution >= 4 is 0 Å². The van der Waals surface area contributed by atoms with Crippen LogP contribution in [0.25, 0.3) is 0 Å². The Morgan fingerprint density at radius 3 is 1.73 bits per heavy atom. The minimum absolute atomic E-state index is 0.494. The highest BCUT2D eigenvalue weighted by Gasteiger charge is 2.50. The van der Waals surface area contributed by atoms with E-state index >= 15 is 0 Å². The molecule has 0 aromatic rings. The summed E-state index contributed by atoms with van der Waals surface area (Å²) < 4.78 is 15.7. The van der Waals surface area contributed by atoms with E-state index in [-0.39, 0.29) is 0 Å².